The molecule has 47 heavy (non-hydrogen) atoms. The maximum atomic E-state index is 12.9. The molecule has 3 aromatic heterocycles. The summed E-state index contributed by atoms with van der Waals surface area (Å²) in [6.07, 6.45) is -0.833. The zero-order chi connectivity index (χ0) is 33.5. The van der Waals surface area contributed by atoms with Gasteiger partial charge < -0.3 is 9.88 Å². The van der Waals surface area contributed by atoms with Gasteiger partial charge in [0.1, 0.15) is 28.7 Å². The maximum absolute atomic E-state index is 12.9. The van der Waals surface area contributed by atoms with E-state index in [1.54, 1.807) is 6.07 Å². The largest absolute Gasteiger partial charge is 0.393 e. The van der Waals surface area contributed by atoms with Crippen LogP contribution in [0.4, 0.5) is 19.0 Å². The molecule has 2 fully saturated rings. The third-order valence-corrected chi connectivity index (χ3v) is 11.8. The number of nitriles is 1. The summed E-state index contributed by atoms with van der Waals surface area (Å²) in [7, 11) is -3.19. The van der Waals surface area contributed by atoms with Crippen LogP contribution in [0.1, 0.15) is 41.5 Å². The van der Waals surface area contributed by atoms with E-state index in [0.29, 0.717) is 54.5 Å². The van der Waals surface area contributed by atoms with Gasteiger partial charge in [0, 0.05) is 80.2 Å². The number of thiophene rings is 1. The second kappa shape index (κ2) is 13.3. The van der Waals surface area contributed by atoms with Crippen LogP contribution in [0.2, 0.25) is 0 Å². The van der Waals surface area contributed by atoms with Gasteiger partial charge in [-0.25, -0.2) is 18.4 Å². The number of hydrogen-bond donors (Lipinski definition) is 1. The molecule has 0 unspecified atom stereocenters. The van der Waals surface area contributed by atoms with Crippen LogP contribution in [-0.4, -0.2) is 101 Å². The number of fused-ring (bicyclic) bond motifs is 2. The molecule has 0 aliphatic carbocycles. The summed E-state index contributed by atoms with van der Waals surface area (Å²) in [6.45, 7) is 9.65. The SMILES string of the molecule is Cc1c(CN2CCC(Nc3ncnc4sc(CC(F)(F)F)cc34)CC2)ccc2c1cc(C#N)n2C[C@H](C)N1CCN(S(C)(=O)=O)CC1. The monoisotopic (exact) mass is 688 g/mol. The van der Waals surface area contributed by atoms with Gasteiger partial charge in [-0.3, -0.25) is 9.80 Å². The van der Waals surface area contributed by atoms with Gasteiger partial charge in [-0.2, -0.15) is 22.7 Å². The Kier molecular flexibility index (Phi) is 9.52. The van der Waals surface area contributed by atoms with Crippen LogP contribution in [0, 0.1) is 18.3 Å². The summed E-state index contributed by atoms with van der Waals surface area (Å²) < 4.78 is 66.3. The number of likely N-dealkylation sites (tertiary alicyclic amines) is 1. The number of nitrogens with one attached hydrogen (secondary N) is 1. The summed E-state index contributed by atoms with van der Waals surface area (Å²) >= 11 is 1.06. The number of sulfonamides is 1. The molecule has 1 aromatic carbocycles. The molecule has 0 spiro atoms. The van der Waals surface area contributed by atoms with Crippen molar-refractivity contribution in [2.45, 2.75) is 64.5 Å². The molecule has 4 aromatic rings. The van der Waals surface area contributed by atoms with Crippen LogP contribution in [0.3, 0.4) is 0 Å². The topological polar surface area (TPSA) is 110 Å². The van der Waals surface area contributed by atoms with Crippen molar-refractivity contribution in [3.63, 3.8) is 0 Å². The average molecular weight is 689 g/mol. The number of halogens is 3. The highest BCUT2D eigenvalue weighted by Gasteiger charge is 2.30. The molecule has 5 heterocycles. The fraction of sp³-hybridized carbons (Fsp3) is 0.531. The van der Waals surface area contributed by atoms with Crippen LogP contribution in [0.25, 0.3) is 21.1 Å². The van der Waals surface area contributed by atoms with Crippen molar-refractivity contribution in [2.24, 2.45) is 0 Å². The minimum Gasteiger partial charge on any atom is -0.367 e. The van der Waals surface area contributed by atoms with Gasteiger partial charge >= 0.3 is 6.18 Å². The molecule has 10 nitrogen and oxygen atoms in total. The summed E-state index contributed by atoms with van der Waals surface area (Å²) in [5.41, 5.74) is 4.01. The van der Waals surface area contributed by atoms with Crippen molar-refractivity contribution in [3.05, 3.63) is 52.3 Å². The molecule has 0 amide bonds. The summed E-state index contributed by atoms with van der Waals surface area (Å²) in [5.74, 6) is 0.586. The first-order valence-corrected chi connectivity index (χ1v) is 18.5. The predicted octanol–water partition coefficient (Wildman–Crippen LogP) is 4.97. The van der Waals surface area contributed by atoms with E-state index in [4.69, 9.17) is 0 Å². The van der Waals surface area contributed by atoms with Gasteiger partial charge in [0.15, 0.2) is 0 Å². The van der Waals surface area contributed by atoms with Crippen molar-refractivity contribution < 1.29 is 21.6 Å². The van der Waals surface area contributed by atoms with Gasteiger partial charge in [0.25, 0.3) is 0 Å². The lowest BCUT2D eigenvalue weighted by Crippen LogP contribution is -2.51. The Morgan fingerprint density at radius 1 is 1.09 bits per heavy atom. The van der Waals surface area contributed by atoms with E-state index in [0.717, 1.165) is 60.3 Å². The highest BCUT2D eigenvalue weighted by Crippen LogP contribution is 2.33. The van der Waals surface area contributed by atoms with Crippen molar-refractivity contribution in [2.75, 3.05) is 50.8 Å². The molecule has 15 heteroatoms. The predicted molar refractivity (Wildman–Crippen MR) is 178 cm³/mol. The van der Waals surface area contributed by atoms with E-state index in [-0.39, 0.29) is 17.0 Å². The van der Waals surface area contributed by atoms with Crippen LogP contribution in [0.5, 0.6) is 0 Å². The molecule has 0 saturated carbocycles. The summed E-state index contributed by atoms with van der Waals surface area (Å²) in [5, 5.41) is 15.2. The minimum atomic E-state index is -4.26. The number of anilines is 1. The van der Waals surface area contributed by atoms with Gasteiger partial charge in [-0.15, -0.1) is 11.3 Å². The van der Waals surface area contributed by atoms with Gasteiger partial charge in [0.2, 0.25) is 10.0 Å². The Labute approximate surface area is 276 Å². The lowest BCUT2D eigenvalue weighted by Gasteiger charge is -2.37. The standard InChI is InChI=1S/C32H39F3N8O2S2/c1-21(41-10-12-42(13-11-41)47(3,44)45)18-43-25(17-36)14-27-22(2)23(4-5-29(27)43)19-40-8-6-24(7-9-40)39-30-28-15-26(16-32(33,34)35)46-31(28)38-20-37-30/h4-5,14-15,20-21,24H,6-13,16,18-19H2,1-3H3,(H,37,38,39)/t21-/m0/s1. The fourth-order valence-electron chi connectivity index (χ4n) is 6.81. The molecule has 2 aliphatic rings. The Hall–Kier alpha value is -3.29. The van der Waals surface area contributed by atoms with E-state index in [1.807, 2.05) is 6.07 Å². The van der Waals surface area contributed by atoms with Crippen LogP contribution in [-0.2, 0) is 29.5 Å². The number of benzene rings is 1. The number of aromatic nitrogens is 3. The van der Waals surface area contributed by atoms with Crippen molar-refractivity contribution in [3.8, 4) is 6.07 Å². The average Bonchev–Trinajstić information content (AvgIpc) is 3.59. The molecule has 0 bridgehead atoms. The zero-order valence-corrected chi connectivity index (χ0v) is 28.4. The number of piperidine rings is 1. The summed E-state index contributed by atoms with van der Waals surface area (Å²) in [6, 6.07) is 10.5. The maximum Gasteiger partial charge on any atom is 0.393 e. The van der Waals surface area contributed by atoms with E-state index in [1.165, 1.54) is 22.5 Å². The van der Waals surface area contributed by atoms with Crippen molar-refractivity contribution in [1.29, 1.82) is 5.26 Å². The normalized spacial score (nSPS) is 18.6. The van der Waals surface area contributed by atoms with Crippen LogP contribution < -0.4 is 5.32 Å². The third kappa shape index (κ3) is 7.57. The van der Waals surface area contributed by atoms with Crippen LogP contribution in [0.15, 0.2) is 30.6 Å². The molecule has 1 N–H and O–H groups in total. The molecular formula is C32H39F3N8O2S2. The second-order valence-corrected chi connectivity index (χ2v) is 15.8. The number of hydrogen-bond acceptors (Lipinski definition) is 9. The molecule has 1 atom stereocenters. The quantitative estimate of drug-likeness (QED) is 0.263. The highest BCUT2D eigenvalue weighted by atomic mass is 32.2. The first-order valence-electron chi connectivity index (χ1n) is 15.8. The smallest absolute Gasteiger partial charge is 0.367 e. The third-order valence-electron chi connectivity index (χ3n) is 9.47. The number of piperazine rings is 1. The van der Waals surface area contributed by atoms with E-state index < -0.39 is 22.6 Å². The van der Waals surface area contributed by atoms with Gasteiger partial charge in [0.05, 0.1) is 18.1 Å². The van der Waals surface area contributed by atoms with Crippen LogP contribution >= 0.6 is 11.3 Å². The Balaban J connectivity index is 1.08. The number of alkyl halides is 3. The van der Waals surface area contributed by atoms with Crippen molar-refractivity contribution in [1.82, 2.24) is 28.6 Å². The van der Waals surface area contributed by atoms with Gasteiger partial charge in [-0.1, -0.05) is 6.07 Å². The molecule has 6 rings (SSSR count). The molecular weight excluding hydrogens is 650 g/mol. The number of rotatable bonds is 9. The first kappa shape index (κ1) is 33.6. The van der Waals surface area contributed by atoms with E-state index in [2.05, 4.69) is 61.7 Å². The molecule has 252 valence electrons. The lowest BCUT2D eigenvalue weighted by atomic mass is 10.0. The van der Waals surface area contributed by atoms with Gasteiger partial charge in [-0.05, 0) is 56.0 Å². The van der Waals surface area contributed by atoms with E-state index >= 15 is 0 Å². The molecule has 2 aliphatic heterocycles. The number of nitrogens with zero attached hydrogens (tertiary/aromatic N) is 7. The molecule has 0 radical (unpaired) electrons. The lowest BCUT2D eigenvalue weighted by molar-refractivity contribution is -0.126. The highest BCUT2D eigenvalue weighted by molar-refractivity contribution is 7.88. The second-order valence-electron chi connectivity index (χ2n) is 12.7. The molecule has 2 saturated heterocycles. The summed E-state index contributed by atoms with van der Waals surface area (Å²) in [4.78, 5) is 14.0. The van der Waals surface area contributed by atoms with Crippen molar-refractivity contribution >= 4 is 48.3 Å². The fourth-order valence-corrected chi connectivity index (χ4v) is 8.67. The Bertz CT molecular complexity index is 1900. The number of aryl methyl sites for hydroxylation is 1. The minimum absolute atomic E-state index is 0.134. The van der Waals surface area contributed by atoms with E-state index in [9.17, 15) is 26.9 Å². The first-order chi connectivity index (χ1) is 22.3. The zero-order valence-electron chi connectivity index (χ0n) is 26.7. The Morgan fingerprint density at radius 2 is 1.81 bits per heavy atom. The Morgan fingerprint density at radius 3 is 2.47 bits per heavy atom.